The molecule has 0 saturated carbocycles. The molecular formula is C20H27N3O2. The minimum atomic E-state index is 0.203. The van der Waals surface area contributed by atoms with Gasteiger partial charge in [0.25, 0.3) is 0 Å². The molecule has 3 heterocycles. The van der Waals surface area contributed by atoms with Gasteiger partial charge in [0.15, 0.2) is 0 Å². The molecule has 1 atom stereocenters. The van der Waals surface area contributed by atoms with Crippen LogP contribution in [-0.4, -0.2) is 33.5 Å². The van der Waals surface area contributed by atoms with E-state index in [1.54, 1.807) is 12.4 Å². The first kappa shape index (κ1) is 17.5. The van der Waals surface area contributed by atoms with Crippen LogP contribution < -0.4 is 4.74 Å². The zero-order chi connectivity index (χ0) is 17.5. The molecule has 1 saturated heterocycles. The molecule has 25 heavy (non-hydrogen) atoms. The Bertz CT molecular complexity index is 669. The molecule has 1 aliphatic rings. The fraction of sp³-hybridized carbons (Fsp3) is 0.500. The maximum absolute atomic E-state index is 12.8. The predicted octanol–water partition coefficient (Wildman–Crippen LogP) is 3.72. The van der Waals surface area contributed by atoms with Crippen molar-refractivity contribution in [1.29, 1.82) is 0 Å². The van der Waals surface area contributed by atoms with Gasteiger partial charge >= 0.3 is 0 Å². The maximum atomic E-state index is 12.8. The van der Waals surface area contributed by atoms with E-state index in [9.17, 15) is 4.79 Å². The predicted molar refractivity (Wildman–Crippen MR) is 97.3 cm³/mol. The van der Waals surface area contributed by atoms with Gasteiger partial charge in [0.05, 0.1) is 18.8 Å². The molecule has 0 N–H and O–H groups in total. The van der Waals surface area contributed by atoms with E-state index in [-0.39, 0.29) is 11.9 Å². The van der Waals surface area contributed by atoms with Crippen LogP contribution in [0.3, 0.4) is 0 Å². The number of amides is 1. The fourth-order valence-electron chi connectivity index (χ4n) is 3.52. The van der Waals surface area contributed by atoms with Crippen LogP contribution in [0.25, 0.3) is 0 Å². The lowest BCUT2D eigenvalue weighted by molar-refractivity contribution is -0.134. The van der Waals surface area contributed by atoms with Crippen LogP contribution in [0.1, 0.15) is 50.3 Å². The molecule has 3 rings (SSSR count). The lowest BCUT2D eigenvalue weighted by Gasteiger charge is -2.30. The molecule has 0 radical (unpaired) electrons. The molecular weight excluding hydrogens is 314 g/mol. The summed E-state index contributed by atoms with van der Waals surface area (Å²) in [4.78, 5) is 18.9. The molecule has 2 aromatic heterocycles. The third-order valence-electron chi connectivity index (χ3n) is 4.84. The van der Waals surface area contributed by atoms with Crippen molar-refractivity contribution in [2.24, 2.45) is 7.05 Å². The largest absolute Gasteiger partial charge is 0.492 e. The second-order valence-corrected chi connectivity index (χ2v) is 6.64. The van der Waals surface area contributed by atoms with Gasteiger partial charge in [-0.2, -0.15) is 0 Å². The van der Waals surface area contributed by atoms with Gasteiger partial charge in [-0.3, -0.25) is 9.78 Å². The summed E-state index contributed by atoms with van der Waals surface area (Å²) < 4.78 is 7.79. The number of carbonyl (C=O) groups excluding carboxylic acids is 1. The lowest BCUT2D eigenvalue weighted by atomic mass is 10.1. The first-order valence-electron chi connectivity index (χ1n) is 9.19. The average Bonchev–Trinajstić information content (AvgIpc) is 2.91. The molecule has 5 heteroatoms. The normalized spacial score (nSPS) is 18.0. The Kier molecular flexibility index (Phi) is 6.09. The van der Waals surface area contributed by atoms with Crippen LogP contribution in [0.5, 0.6) is 5.75 Å². The summed E-state index contributed by atoms with van der Waals surface area (Å²) in [5.41, 5.74) is 1.24. The Hall–Kier alpha value is -2.30. The van der Waals surface area contributed by atoms with Gasteiger partial charge in [0.1, 0.15) is 5.75 Å². The Morgan fingerprint density at radius 2 is 2.20 bits per heavy atom. The highest BCUT2D eigenvalue weighted by molar-refractivity contribution is 5.76. The van der Waals surface area contributed by atoms with E-state index in [1.165, 1.54) is 18.5 Å². The quantitative estimate of drug-likeness (QED) is 0.752. The van der Waals surface area contributed by atoms with Gasteiger partial charge in [0, 0.05) is 38.1 Å². The Morgan fingerprint density at radius 3 is 2.96 bits per heavy atom. The molecule has 5 nitrogen and oxygen atoms in total. The van der Waals surface area contributed by atoms with Gasteiger partial charge in [-0.25, -0.2) is 0 Å². The van der Waals surface area contributed by atoms with Crippen molar-refractivity contribution in [1.82, 2.24) is 14.5 Å². The molecule has 134 valence electrons. The van der Waals surface area contributed by atoms with Crippen molar-refractivity contribution in [3.8, 4) is 5.75 Å². The van der Waals surface area contributed by atoms with Crippen molar-refractivity contribution < 1.29 is 9.53 Å². The number of aryl methyl sites for hydroxylation is 1. The first-order chi connectivity index (χ1) is 12.3. The molecule has 0 aromatic carbocycles. The van der Waals surface area contributed by atoms with Crippen LogP contribution in [0.4, 0.5) is 0 Å². The fourth-order valence-corrected chi connectivity index (χ4v) is 3.52. The SMILES string of the molecule is Cn1cccc1C1CCCCCN1C(=O)CCCOc1cccnc1. The average molecular weight is 341 g/mol. The number of hydrogen-bond acceptors (Lipinski definition) is 3. The number of rotatable bonds is 6. The van der Waals surface area contributed by atoms with Crippen molar-refractivity contribution in [2.45, 2.75) is 44.6 Å². The van der Waals surface area contributed by atoms with Crippen molar-refractivity contribution >= 4 is 5.91 Å². The highest BCUT2D eigenvalue weighted by Crippen LogP contribution is 2.30. The minimum absolute atomic E-state index is 0.203. The summed E-state index contributed by atoms with van der Waals surface area (Å²) in [5, 5.41) is 0. The van der Waals surface area contributed by atoms with Gasteiger partial charge < -0.3 is 14.2 Å². The van der Waals surface area contributed by atoms with Gasteiger partial charge in [-0.1, -0.05) is 12.8 Å². The number of aromatic nitrogens is 2. The van der Waals surface area contributed by atoms with Gasteiger partial charge in [0.2, 0.25) is 5.91 Å². The third-order valence-corrected chi connectivity index (χ3v) is 4.84. The van der Waals surface area contributed by atoms with Gasteiger partial charge in [-0.05, 0) is 43.5 Å². The van der Waals surface area contributed by atoms with E-state index in [2.05, 4.69) is 39.8 Å². The number of hydrogen-bond donors (Lipinski definition) is 0. The third kappa shape index (κ3) is 4.62. The standard InChI is InChI=1S/C20H27N3O2/c1-22-13-6-10-18(22)19-9-3-2-4-14-23(19)20(24)11-7-15-25-17-8-5-12-21-16-17/h5-6,8,10,12-13,16,19H,2-4,7,9,11,14-15H2,1H3. The number of ether oxygens (including phenoxy) is 1. The molecule has 0 bridgehead atoms. The number of likely N-dealkylation sites (tertiary alicyclic amines) is 1. The van der Waals surface area contributed by atoms with E-state index in [4.69, 9.17) is 4.74 Å². The van der Waals surface area contributed by atoms with Crippen LogP contribution in [0, 0.1) is 0 Å². The van der Waals surface area contributed by atoms with Crippen LogP contribution in [-0.2, 0) is 11.8 Å². The van der Waals surface area contributed by atoms with E-state index in [0.717, 1.165) is 31.6 Å². The Morgan fingerprint density at radius 1 is 1.28 bits per heavy atom. The number of carbonyl (C=O) groups is 1. The van der Waals surface area contributed by atoms with Crippen molar-refractivity contribution in [3.63, 3.8) is 0 Å². The number of pyridine rings is 1. The highest BCUT2D eigenvalue weighted by Gasteiger charge is 2.27. The molecule has 2 aromatic rings. The second-order valence-electron chi connectivity index (χ2n) is 6.64. The Labute approximate surface area is 149 Å². The summed E-state index contributed by atoms with van der Waals surface area (Å²) in [6.45, 7) is 1.40. The summed E-state index contributed by atoms with van der Waals surface area (Å²) in [5.74, 6) is 0.995. The van der Waals surface area contributed by atoms with Gasteiger partial charge in [-0.15, -0.1) is 0 Å². The first-order valence-corrected chi connectivity index (χ1v) is 9.19. The smallest absolute Gasteiger partial charge is 0.223 e. The monoisotopic (exact) mass is 341 g/mol. The summed E-state index contributed by atoms with van der Waals surface area (Å²) in [6, 6.07) is 8.14. The summed E-state index contributed by atoms with van der Waals surface area (Å²) in [6.07, 6.45) is 11.3. The maximum Gasteiger partial charge on any atom is 0.223 e. The molecule has 1 fully saturated rings. The number of nitrogens with zero attached hydrogens (tertiary/aromatic N) is 3. The van der Waals surface area contributed by atoms with Crippen molar-refractivity contribution in [2.75, 3.05) is 13.2 Å². The second kappa shape index (κ2) is 8.70. The summed E-state index contributed by atoms with van der Waals surface area (Å²) in [7, 11) is 2.06. The zero-order valence-corrected chi connectivity index (χ0v) is 14.9. The van der Waals surface area contributed by atoms with E-state index >= 15 is 0 Å². The molecule has 0 spiro atoms. The van der Waals surface area contributed by atoms with Crippen LogP contribution >= 0.6 is 0 Å². The lowest BCUT2D eigenvalue weighted by Crippen LogP contribution is -2.35. The Balaban J connectivity index is 1.55. The topological polar surface area (TPSA) is 47.4 Å². The zero-order valence-electron chi connectivity index (χ0n) is 14.9. The molecule has 1 unspecified atom stereocenters. The minimum Gasteiger partial charge on any atom is -0.492 e. The highest BCUT2D eigenvalue weighted by atomic mass is 16.5. The van der Waals surface area contributed by atoms with Crippen molar-refractivity contribution in [3.05, 3.63) is 48.5 Å². The molecule has 1 amide bonds. The van der Waals surface area contributed by atoms with Crippen LogP contribution in [0.15, 0.2) is 42.9 Å². The van der Waals surface area contributed by atoms with E-state index in [0.29, 0.717) is 13.0 Å². The van der Waals surface area contributed by atoms with E-state index < -0.39 is 0 Å². The molecule has 1 aliphatic heterocycles. The van der Waals surface area contributed by atoms with E-state index in [1.807, 2.05) is 12.1 Å². The summed E-state index contributed by atoms with van der Waals surface area (Å²) >= 11 is 0. The van der Waals surface area contributed by atoms with Crippen LogP contribution in [0.2, 0.25) is 0 Å². The molecule has 0 aliphatic carbocycles.